The average Bonchev–Trinajstić information content (AvgIpc) is 3.27. The largest absolute Gasteiger partial charge is 0.457 e. The van der Waals surface area contributed by atoms with Gasteiger partial charge in [-0.3, -0.25) is 0 Å². The molecule has 0 aliphatic rings. The lowest BCUT2D eigenvalue weighted by atomic mass is 10.1. The highest BCUT2D eigenvalue weighted by Gasteiger charge is 2.06. The maximum atomic E-state index is 6.07. The average molecular weight is 543 g/mol. The van der Waals surface area contributed by atoms with Crippen molar-refractivity contribution in [3.05, 3.63) is 101 Å². The first kappa shape index (κ1) is 28.0. The van der Waals surface area contributed by atoms with Crippen LogP contribution in [0.4, 0.5) is 5.69 Å². The van der Waals surface area contributed by atoms with Gasteiger partial charge in [-0.25, -0.2) is 4.98 Å². The van der Waals surface area contributed by atoms with Gasteiger partial charge in [0.2, 0.25) is 0 Å². The molecule has 4 nitrogen and oxygen atoms in total. The van der Waals surface area contributed by atoms with Gasteiger partial charge in [0.05, 0.1) is 11.1 Å². The fourth-order valence-electron chi connectivity index (χ4n) is 3.72. The van der Waals surface area contributed by atoms with Crippen LogP contribution in [0.1, 0.15) is 36.0 Å². The van der Waals surface area contributed by atoms with Gasteiger partial charge in [-0.2, -0.15) is 0 Å². The van der Waals surface area contributed by atoms with Crippen LogP contribution in [0.15, 0.2) is 78.5 Å². The fraction of sp³-hybridized carbons (Fsp3) is 0.276. The minimum absolute atomic E-state index is 0.213. The lowest BCUT2D eigenvalue weighted by molar-refractivity contribution is 0.482. The maximum absolute atomic E-state index is 6.07. The van der Waals surface area contributed by atoms with Crippen molar-refractivity contribution in [2.24, 2.45) is 0 Å². The smallest absolute Gasteiger partial charge is 0.127 e. The van der Waals surface area contributed by atoms with Crippen LogP contribution in [0.25, 0.3) is 6.08 Å². The van der Waals surface area contributed by atoms with Crippen molar-refractivity contribution in [1.82, 2.24) is 9.55 Å². The van der Waals surface area contributed by atoms with Gasteiger partial charge in [0.15, 0.2) is 0 Å². The molecule has 0 saturated heterocycles. The van der Waals surface area contributed by atoms with E-state index >= 15 is 0 Å². The van der Waals surface area contributed by atoms with Gasteiger partial charge >= 0.3 is 0 Å². The van der Waals surface area contributed by atoms with E-state index in [1.165, 1.54) is 11.1 Å². The maximum Gasteiger partial charge on any atom is 0.127 e. The van der Waals surface area contributed by atoms with Crippen LogP contribution in [0, 0.1) is 6.92 Å². The minimum Gasteiger partial charge on any atom is -0.457 e. The van der Waals surface area contributed by atoms with E-state index in [0.29, 0.717) is 0 Å². The van der Waals surface area contributed by atoms with E-state index < -0.39 is 0 Å². The third-order valence-electron chi connectivity index (χ3n) is 5.58. The highest BCUT2D eigenvalue weighted by molar-refractivity contribution is 7.99. The van der Waals surface area contributed by atoms with Crippen molar-refractivity contribution >= 4 is 46.9 Å². The molecule has 2 aromatic carbocycles. The number of alkyl halides is 1. The van der Waals surface area contributed by atoms with Crippen LogP contribution < -0.4 is 9.46 Å². The van der Waals surface area contributed by atoms with E-state index in [1.807, 2.05) is 54.8 Å². The molecule has 7 heteroatoms. The zero-order valence-corrected chi connectivity index (χ0v) is 23.3. The predicted octanol–water partition coefficient (Wildman–Crippen LogP) is 8.80. The first-order valence-electron chi connectivity index (χ1n) is 12.0. The van der Waals surface area contributed by atoms with Gasteiger partial charge in [0.1, 0.15) is 17.3 Å². The molecule has 1 atom stereocenters. The van der Waals surface area contributed by atoms with Gasteiger partial charge in [-0.15, -0.1) is 11.6 Å². The van der Waals surface area contributed by atoms with Crippen LogP contribution in [0.5, 0.6) is 11.5 Å². The fourth-order valence-corrected chi connectivity index (χ4v) is 4.56. The Morgan fingerprint density at radius 1 is 1.08 bits per heavy atom. The topological polar surface area (TPSA) is 39.1 Å². The van der Waals surface area contributed by atoms with Crippen molar-refractivity contribution < 1.29 is 4.74 Å². The number of aryl methyl sites for hydroxylation is 4. The summed E-state index contributed by atoms with van der Waals surface area (Å²) >= 11 is 13.2. The van der Waals surface area contributed by atoms with E-state index in [2.05, 4.69) is 47.5 Å². The molecular formula is C29H33Cl2N3OS. The molecule has 190 valence electrons. The van der Waals surface area contributed by atoms with Crippen LogP contribution in [-0.4, -0.2) is 21.2 Å². The molecule has 0 aliphatic carbocycles. The number of nitrogens with zero attached hydrogens (tertiary/aromatic N) is 2. The Labute approximate surface area is 229 Å². The third-order valence-corrected chi connectivity index (χ3v) is 6.44. The zero-order valence-electron chi connectivity index (χ0n) is 21.0. The summed E-state index contributed by atoms with van der Waals surface area (Å²) in [6, 6.07) is 14.4. The first-order chi connectivity index (χ1) is 17.5. The van der Waals surface area contributed by atoms with Gasteiger partial charge in [0, 0.05) is 36.6 Å². The predicted molar refractivity (Wildman–Crippen MR) is 158 cm³/mol. The first-order valence-corrected chi connectivity index (χ1v) is 14.1. The van der Waals surface area contributed by atoms with Crippen molar-refractivity contribution in [2.75, 3.05) is 11.0 Å². The normalized spacial score (nSPS) is 12.7. The van der Waals surface area contributed by atoms with Crippen LogP contribution in [-0.2, 0) is 19.4 Å². The number of nitrogens with one attached hydrogen (secondary N) is 1. The number of hydrogen-bond donors (Lipinski definition) is 1. The molecule has 0 spiro atoms. The van der Waals surface area contributed by atoms with Gasteiger partial charge in [-0.05, 0) is 74.2 Å². The standard InChI is InChI=1S/C29H33Cl2N3OS/c1-4-34-21-25(10-6-5-9-24(31)18-19-30)32-29(34)11-7-8-23-12-14-26(15-13-23)35-27-16-17-28(33-36-3)22(2)20-27/h5-6,9-10,12-21,24,33H,4,7-8,11H2,1-3H3/b9-5?,10-6+,19-18+. The molecule has 3 aromatic rings. The number of imidazole rings is 1. The Morgan fingerprint density at radius 3 is 2.56 bits per heavy atom. The Morgan fingerprint density at radius 2 is 1.86 bits per heavy atom. The molecule has 0 saturated carbocycles. The second kappa shape index (κ2) is 14.8. The number of aromatic nitrogens is 2. The second-order valence-corrected chi connectivity index (χ2v) is 9.63. The molecule has 1 unspecified atom stereocenters. The molecule has 1 N–H and O–H groups in total. The monoisotopic (exact) mass is 541 g/mol. The Kier molecular flexibility index (Phi) is 11.5. The van der Waals surface area contributed by atoms with Gasteiger partial charge in [0.25, 0.3) is 0 Å². The van der Waals surface area contributed by atoms with Crippen molar-refractivity contribution in [2.45, 2.75) is 45.0 Å². The molecule has 3 rings (SSSR count). The number of hydrogen-bond acceptors (Lipinski definition) is 4. The van der Waals surface area contributed by atoms with Crippen LogP contribution >= 0.6 is 35.1 Å². The third kappa shape index (κ3) is 8.81. The number of ether oxygens (including phenoxy) is 1. The zero-order chi connectivity index (χ0) is 25.8. The van der Waals surface area contributed by atoms with Gasteiger partial charge in [-0.1, -0.05) is 60.0 Å². The lowest BCUT2D eigenvalue weighted by Crippen LogP contribution is -2.01. The van der Waals surface area contributed by atoms with E-state index in [0.717, 1.165) is 60.1 Å². The SMILES string of the molecule is CCn1cc(/C=C/C=CC(Cl)/C=C/Cl)nc1CCCc1ccc(Oc2ccc(NSC)c(C)c2)cc1. The summed E-state index contributed by atoms with van der Waals surface area (Å²) in [5.41, 5.74) is 5.93. The van der Waals surface area contributed by atoms with Crippen LogP contribution in [0.3, 0.4) is 0 Å². The highest BCUT2D eigenvalue weighted by Crippen LogP contribution is 2.27. The summed E-state index contributed by atoms with van der Waals surface area (Å²) in [4.78, 5) is 4.80. The summed E-state index contributed by atoms with van der Waals surface area (Å²) in [5, 5.41) is -0.213. The summed E-state index contributed by atoms with van der Waals surface area (Å²) in [6.45, 7) is 5.12. The number of benzene rings is 2. The van der Waals surface area contributed by atoms with Crippen molar-refractivity contribution in [3.8, 4) is 11.5 Å². The van der Waals surface area contributed by atoms with Crippen molar-refractivity contribution in [3.63, 3.8) is 0 Å². The summed E-state index contributed by atoms with van der Waals surface area (Å²) in [7, 11) is 0. The quantitative estimate of drug-likeness (QED) is 0.133. The molecule has 0 aliphatic heterocycles. The summed E-state index contributed by atoms with van der Waals surface area (Å²) < 4.78 is 11.5. The van der Waals surface area contributed by atoms with Crippen LogP contribution in [0.2, 0.25) is 0 Å². The van der Waals surface area contributed by atoms with E-state index in [4.69, 9.17) is 32.9 Å². The molecule has 1 aromatic heterocycles. The van der Waals surface area contributed by atoms with E-state index in [1.54, 1.807) is 18.0 Å². The van der Waals surface area contributed by atoms with E-state index in [-0.39, 0.29) is 5.38 Å². The molecule has 0 fully saturated rings. The Bertz CT molecular complexity index is 1190. The summed E-state index contributed by atoms with van der Waals surface area (Å²) in [6.07, 6.45) is 16.5. The molecule has 0 bridgehead atoms. The van der Waals surface area contributed by atoms with E-state index in [9.17, 15) is 0 Å². The number of halogens is 2. The molecule has 0 amide bonds. The van der Waals surface area contributed by atoms with Gasteiger partial charge < -0.3 is 14.0 Å². The molecular weight excluding hydrogens is 509 g/mol. The lowest BCUT2D eigenvalue weighted by Gasteiger charge is -2.11. The minimum atomic E-state index is -0.213. The highest BCUT2D eigenvalue weighted by atomic mass is 35.5. The molecule has 1 heterocycles. The number of anilines is 1. The summed E-state index contributed by atoms with van der Waals surface area (Å²) in [5.74, 6) is 2.79. The second-order valence-electron chi connectivity index (χ2n) is 8.26. The molecule has 36 heavy (non-hydrogen) atoms. The number of allylic oxidation sites excluding steroid dienone is 4. The molecule has 0 radical (unpaired) electrons. The Balaban J connectivity index is 1.51. The Hall–Kier alpha value is -2.60. The number of rotatable bonds is 13. The van der Waals surface area contributed by atoms with Crippen molar-refractivity contribution in [1.29, 1.82) is 0 Å².